The van der Waals surface area contributed by atoms with Crippen LogP contribution in [0.15, 0.2) is 23.1 Å². The van der Waals surface area contributed by atoms with Gasteiger partial charge in [0.2, 0.25) is 5.91 Å². The lowest BCUT2D eigenvalue weighted by Crippen LogP contribution is -2.34. The highest BCUT2D eigenvalue weighted by atomic mass is 19.4. The molecule has 0 aliphatic rings. The average molecular weight is 334 g/mol. The summed E-state index contributed by atoms with van der Waals surface area (Å²) in [4.78, 5) is 35.7. The van der Waals surface area contributed by atoms with Crippen LogP contribution < -0.4 is 5.56 Å². The molecule has 0 atom stereocenters. The van der Waals surface area contributed by atoms with E-state index in [1.165, 1.54) is 19.1 Å². The van der Waals surface area contributed by atoms with Crippen LogP contribution in [0.1, 0.15) is 18.4 Å². The standard InChI is InChI=1S/C14H17F3N2O4/c1-18(7-3-4-13(22)23-2)12(21)9-19-8-10(14(15,16)17)5-6-11(19)20/h5-6,8H,3-4,7,9H2,1-2H3. The Morgan fingerprint density at radius 1 is 1.30 bits per heavy atom. The number of aromatic nitrogens is 1. The van der Waals surface area contributed by atoms with Gasteiger partial charge in [-0.1, -0.05) is 0 Å². The van der Waals surface area contributed by atoms with Gasteiger partial charge in [0.15, 0.2) is 0 Å². The van der Waals surface area contributed by atoms with Crippen LogP contribution in [-0.2, 0) is 27.0 Å². The molecule has 0 fully saturated rings. The van der Waals surface area contributed by atoms with Gasteiger partial charge in [0.05, 0.1) is 12.7 Å². The first-order valence-electron chi connectivity index (χ1n) is 6.73. The molecule has 9 heteroatoms. The Bertz CT molecular complexity index is 625. The molecule has 128 valence electrons. The quantitative estimate of drug-likeness (QED) is 0.735. The zero-order valence-electron chi connectivity index (χ0n) is 12.7. The van der Waals surface area contributed by atoms with Crippen LogP contribution >= 0.6 is 0 Å². The summed E-state index contributed by atoms with van der Waals surface area (Å²) >= 11 is 0. The molecule has 0 unspecified atom stereocenters. The number of alkyl halides is 3. The van der Waals surface area contributed by atoms with Crippen molar-refractivity contribution in [3.63, 3.8) is 0 Å². The van der Waals surface area contributed by atoms with Crippen molar-refractivity contribution in [1.82, 2.24) is 9.47 Å². The largest absolute Gasteiger partial charge is 0.469 e. The summed E-state index contributed by atoms with van der Waals surface area (Å²) in [5.74, 6) is -0.948. The van der Waals surface area contributed by atoms with Crippen LogP contribution in [0.5, 0.6) is 0 Å². The maximum Gasteiger partial charge on any atom is 0.417 e. The third-order valence-electron chi connectivity index (χ3n) is 3.14. The van der Waals surface area contributed by atoms with E-state index in [0.29, 0.717) is 23.3 Å². The number of halogens is 3. The van der Waals surface area contributed by atoms with Crippen LogP contribution in [0.25, 0.3) is 0 Å². The normalized spacial score (nSPS) is 11.2. The Hall–Kier alpha value is -2.32. The van der Waals surface area contributed by atoms with Gasteiger partial charge in [0.1, 0.15) is 6.54 Å². The molecule has 0 saturated heterocycles. The van der Waals surface area contributed by atoms with Crippen LogP contribution in [0, 0.1) is 0 Å². The molecule has 1 heterocycles. The lowest BCUT2D eigenvalue weighted by molar-refractivity contribution is -0.141. The molecule has 1 rings (SSSR count). The zero-order valence-corrected chi connectivity index (χ0v) is 12.7. The summed E-state index contributed by atoms with van der Waals surface area (Å²) in [6.07, 6.45) is -3.50. The summed E-state index contributed by atoms with van der Waals surface area (Å²) in [5.41, 5.74) is -1.70. The molecule has 1 aromatic rings. The van der Waals surface area contributed by atoms with E-state index in [0.717, 1.165) is 6.07 Å². The molecule has 6 nitrogen and oxygen atoms in total. The van der Waals surface area contributed by atoms with E-state index in [1.807, 2.05) is 0 Å². The van der Waals surface area contributed by atoms with Gasteiger partial charge in [-0.15, -0.1) is 0 Å². The van der Waals surface area contributed by atoms with Crippen LogP contribution in [0.3, 0.4) is 0 Å². The van der Waals surface area contributed by atoms with Gasteiger partial charge in [-0.3, -0.25) is 14.4 Å². The fourth-order valence-corrected chi connectivity index (χ4v) is 1.78. The van der Waals surface area contributed by atoms with E-state index in [-0.39, 0.29) is 13.0 Å². The highest BCUT2D eigenvalue weighted by Crippen LogP contribution is 2.27. The summed E-state index contributed by atoms with van der Waals surface area (Å²) in [7, 11) is 2.69. The number of pyridine rings is 1. The Labute approximate surface area is 130 Å². The first-order chi connectivity index (χ1) is 10.6. The van der Waals surface area contributed by atoms with Crippen molar-refractivity contribution in [2.24, 2.45) is 0 Å². The Balaban J connectivity index is 2.70. The number of carbonyl (C=O) groups is 2. The second-order valence-corrected chi connectivity index (χ2v) is 4.88. The SMILES string of the molecule is COC(=O)CCCN(C)C(=O)Cn1cc(C(F)(F)F)ccc1=O. The fraction of sp³-hybridized carbons (Fsp3) is 0.500. The summed E-state index contributed by atoms with van der Waals surface area (Å²) < 4.78 is 43.0. The molecule has 0 N–H and O–H groups in total. The highest BCUT2D eigenvalue weighted by Gasteiger charge is 2.31. The lowest BCUT2D eigenvalue weighted by atomic mass is 10.2. The highest BCUT2D eigenvalue weighted by molar-refractivity contribution is 5.75. The molecule has 0 aromatic carbocycles. The number of hydrogen-bond acceptors (Lipinski definition) is 4. The van der Waals surface area contributed by atoms with Crippen molar-refractivity contribution >= 4 is 11.9 Å². The topological polar surface area (TPSA) is 68.6 Å². The number of amides is 1. The summed E-state index contributed by atoms with van der Waals surface area (Å²) in [5, 5.41) is 0. The van der Waals surface area contributed by atoms with Crippen molar-refractivity contribution in [2.45, 2.75) is 25.6 Å². The summed E-state index contributed by atoms with van der Waals surface area (Å²) in [6, 6.07) is 1.44. The molecule has 0 aliphatic carbocycles. The Morgan fingerprint density at radius 3 is 2.52 bits per heavy atom. The van der Waals surface area contributed by atoms with Gasteiger partial charge in [-0.2, -0.15) is 13.2 Å². The smallest absolute Gasteiger partial charge is 0.417 e. The Morgan fingerprint density at radius 2 is 1.96 bits per heavy atom. The van der Waals surface area contributed by atoms with Gasteiger partial charge >= 0.3 is 12.1 Å². The molecule has 0 bridgehead atoms. The van der Waals surface area contributed by atoms with E-state index < -0.39 is 35.7 Å². The maximum atomic E-state index is 12.6. The summed E-state index contributed by atoms with van der Waals surface area (Å²) in [6.45, 7) is -0.279. The third-order valence-corrected chi connectivity index (χ3v) is 3.14. The van der Waals surface area contributed by atoms with Gasteiger partial charge in [0, 0.05) is 32.3 Å². The zero-order chi connectivity index (χ0) is 17.6. The third kappa shape index (κ3) is 5.76. The first-order valence-corrected chi connectivity index (χ1v) is 6.73. The first kappa shape index (κ1) is 18.7. The number of nitrogens with zero attached hydrogens (tertiary/aromatic N) is 2. The predicted octanol–water partition coefficient (Wildman–Crippen LogP) is 1.28. The number of rotatable bonds is 6. The van der Waals surface area contributed by atoms with Gasteiger partial charge in [-0.25, -0.2) is 0 Å². The van der Waals surface area contributed by atoms with Crippen molar-refractivity contribution in [3.05, 3.63) is 34.2 Å². The minimum atomic E-state index is -4.59. The van der Waals surface area contributed by atoms with Crippen LogP contribution in [0.4, 0.5) is 13.2 Å². The van der Waals surface area contributed by atoms with Crippen molar-refractivity contribution in [3.8, 4) is 0 Å². The number of methoxy groups -OCH3 is 1. The molecular formula is C14H17F3N2O4. The minimum Gasteiger partial charge on any atom is -0.469 e. The van der Waals surface area contributed by atoms with E-state index >= 15 is 0 Å². The predicted molar refractivity (Wildman–Crippen MR) is 74.6 cm³/mol. The van der Waals surface area contributed by atoms with E-state index in [1.54, 1.807) is 0 Å². The van der Waals surface area contributed by atoms with E-state index in [2.05, 4.69) is 4.74 Å². The number of hydrogen-bond donors (Lipinski definition) is 0. The second-order valence-electron chi connectivity index (χ2n) is 4.88. The molecule has 0 radical (unpaired) electrons. The number of esters is 1. The number of ether oxygens (including phenoxy) is 1. The molecule has 23 heavy (non-hydrogen) atoms. The monoisotopic (exact) mass is 334 g/mol. The van der Waals surface area contributed by atoms with Crippen molar-refractivity contribution in [1.29, 1.82) is 0 Å². The lowest BCUT2D eigenvalue weighted by Gasteiger charge is -2.18. The second kappa shape index (κ2) is 7.80. The van der Waals surface area contributed by atoms with Gasteiger partial charge in [0.25, 0.3) is 5.56 Å². The maximum absolute atomic E-state index is 12.6. The minimum absolute atomic E-state index is 0.123. The Kier molecular flexibility index (Phi) is 6.35. The number of carbonyl (C=O) groups excluding carboxylic acids is 2. The molecule has 1 aromatic heterocycles. The van der Waals surface area contributed by atoms with Crippen LogP contribution in [0.2, 0.25) is 0 Å². The molecule has 0 aliphatic heterocycles. The van der Waals surface area contributed by atoms with Crippen molar-refractivity contribution < 1.29 is 27.5 Å². The number of likely N-dealkylation sites (N-methyl/N-ethyl adjacent to an activating group) is 1. The fourth-order valence-electron chi connectivity index (χ4n) is 1.78. The van der Waals surface area contributed by atoms with Crippen molar-refractivity contribution in [2.75, 3.05) is 20.7 Å². The van der Waals surface area contributed by atoms with Gasteiger partial charge in [-0.05, 0) is 12.5 Å². The van der Waals surface area contributed by atoms with E-state index in [9.17, 15) is 27.6 Å². The molecule has 1 amide bonds. The van der Waals surface area contributed by atoms with Gasteiger partial charge < -0.3 is 14.2 Å². The van der Waals surface area contributed by atoms with E-state index in [4.69, 9.17) is 0 Å². The average Bonchev–Trinajstić information content (AvgIpc) is 2.47. The molecule has 0 spiro atoms. The van der Waals surface area contributed by atoms with Crippen LogP contribution in [-0.4, -0.2) is 42.0 Å². The molecular weight excluding hydrogens is 317 g/mol. The molecule has 0 saturated carbocycles.